The summed E-state index contributed by atoms with van der Waals surface area (Å²) < 4.78 is 37.4. The summed E-state index contributed by atoms with van der Waals surface area (Å²) in [7, 11) is -3.60. The third-order valence-electron chi connectivity index (χ3n) is 4.01. The second-order valence-electron chi connectivity index (χ2n) is 5.94. The van der Waals surface area contributed by atoms with Gasteiger partial charge in [-0.05, 0) is 62.4 Å². The maximum Gasteiger partial charge on any atom is 0.274 e. The molecule has 0 aliphatic carbocycles. The lowest BCUT2D eigenvalue weighted by Gasteiger charge is -2.32. The summed E-state index contributed by atoms with van der Waals surface area (Å²) in [6, 6.07) is 6.71. The van der Waals surface area contributed by atoms with Crippen LogP contribution in [0.2, 0.25) is 0 Å². The summed E-state index contributed by atoms with van der Waals surface area (Å²) in [6.07, 6.45) is 3.91. The third kappa shape index (κ3) is 6.39. The van der Waals surface area contributed by atoms with Crippen LogP contribution in [0.3, 0.4) is 0 Å². The van der Waals surface area contributed by atoms with Gasteiger partial charge in [-0.15, -0.1) is 0 Å². The van der Waals surface area contributed by atoms with E-state index in [2.05, 4.69) is 9.62 Å². The zero-order valence-electron chi connectivity index (χ0n) is 12.7. The zero-order valence-corrected chi connectivity index (χ0v) is 13.5. The number of nitrogens with zero attached hydrogens (tertiary/aromatic N) is 1. The van der Waals surface area contributed by atoms with Crippen molar-refractivity contribution >= 4 is 10.2 Å². The molecule has 1 aliphatic heterocycles. The van der Waals surface area contributed by atoms with Crippen molar-refractivity contribution in [3.63, 3.8) is 0 Å². The molecule has 1 aliphatic rings. The summed E-state index contributed by atoms with van der Waals surface area (Å²) in [4.78, 5) is 2.35. The van der Waals surface area contributed by atoms with Gasteiger partial charge in [-0.2, -0.15) is 8.42 Å². The van der Waals surface area contributed by atoms with Gasteiger partial charge < -0.3 is 4.90 Å². The Morgan fingerprint density at radius 2 is 2.23 bits per heavy atom. The molecule has 5 nitrogen and oxygen atoms in total. The van der Waals surface area contributed by atoms with Gasteiger partial charge in [-0.1, -0.05) is 12.1 Å². The number of benzene rings is 1. The van der Waals surface area contributed by atoms with Crippen LogP contribution >= 0.6 is 0 Å². The molecule has 1 heterocycles. The Labute approximate surface area is 131 Å². The fraction of sp³-hybridized carbons (Fsp3) is 0.600. The standard InChI is InChI=1S/C15H24FN3O2S/c16-15-7-1-4-13(10-15)5-2-8-19-9-3-6-14(12-19)11-18-22(17,20)21/h1,4,7,10,14,18H,2-3,5-6,8-9,11-12H2,(H2,17,20,21)/t14-/m0/s1. The van der Waals surface area contributed by atoms with E-state index in [1.54, 1.807) is 12.1 Å². The van der Waals surface area contributed by atoms with E-state index in [0.717, 1.165) is 50.9 Å². The lowest BCUT2D eigenvalue weighted by molar-refractivity contribution is 0.174. The first kappa shape index (κ1) is 17.3. The molecular formula is C15H24FN3O2S. The fourth-order valence-electron chi connectivity index (χ4n) is 2.95. The summed E-state index contributed by atoms with van der Waals surface area (Å²) in [5.41, 5.74) is 1.02. The first-order valence-corrected chi connectivity index (χ1v) is 9.21. The predicted octanol–water partition coefficient (Wildman–Crippen LogP) is 1.26. The Morgan fingerprint density at radius 1 is 1.41 bits per heavy atom. The van der Waals surface area contributed by atoms with Crippen LogP contribution in [0, 0.1) is 11.7 Å². The van der Waals surface area contributed by atoms with Crippen molar-refractivity contribution in [1.82, 2.24) is 9.62 Å². The van der Waals surface area contributed by atoms with Gasteiger partial charge in [-0.25, -0.2) is 14.3 Å². The largest absolute Gasteiger partial charge is 0.303 e. The quantitative estimate of drug-likeness (QED) is 0.791. The minimum Gasteiger partial charge on any atom is -0.303 e. The minimum atomic E-state index is -3.60. The Hall–Kier alpha value is -1.02. The van der Waals surface area contributed by atoms with E-state index in [9.17, 15) is 12.8 Å². The Balaban J connectivity index is 1.71. The molecule has 1 atom stereocenters. The van der Waals surface area contributed by atoms with Crippen LogP contribution in [0.5, 0.6) is 0 Å². The highest BCUT2D eigenvalue weighted by atomic mass is 32.2. The SMILES string of the molecule is NS(=O)(=O)NC[C@@H]1CCCN(CCCc2cccc(F)c2)C1. The smallest absolute Gasteiger partial charge is 0.274 e. The van der Waals surface area contributed by atoms with E-state index in [1.807, 2.05) is 6.07 Å². The second-order valence-corrected chi connectivity index (χ2v) is 7.31. The average Bonchev–Trinajstić information content (AvgIpc) is 2.45. The normalized spacial score (nSPS) is 20.2. The van der Waals surface area contributed by atoms with Crippen LogP contribution in [-0.4, -0.2) is 39.5 Å². The number of hydrogen-bond donors (Lipinski definition) is 2. The van der Waals surface area contributed by atoms with E-state index in [0.29, 0.717) is 12.5 Å². The highest BCUT2D eigenvalue weighted by Gasteiger charge is 2.20. The molecule has 1 aromatic carbocycles. The maximum absolute atomic E-state index is 13.1. The first-order chi connectivity index (χ1) is 10.4. The first-order valence-electron chi connectivity index (χ1n) is 7.66. The summed E-state index contributed by atoms with van der Waals surface area (Å²) in [6.45, 7) is 3.27. The molecule has 124 valence electrons. The number of aryl methyl sites for hydroxylation is 1. The Morgan fingerprint density at radius 3 is 2.95 bits per heavy atom. The molecule has 2 rings (SSSR count). The van der Waals surface area contributed by atoms with Gasteiger partial charge in [0.1, 0.15) is 5.82 Å². The molecule has 7 heteroatoms. The maximum atomic E-state index is 13.1. The van der Waals surface area contributed by atoms with Gasteiger partial charge in [-0.3, -0.25) is 0 Å². The van der Waals surface area contributed by atoms with Crippen molar-refractivity contribution in [3.05, 3.63) is 35.6 Å². The fourth-order valence-corrected chi connectivity index (χ4v) is 3.42. The van der Waals surface area contributed by atoms with Crippen molar-refractivity contribution in [3.8, 4) is 0 Å². The van der Waals surface area contributed by atoms with Crippen molar-refractivity contribution < 1.29 is 12.8 Å². The molecule has 0 amide bonds. The van der Waals surface area contributed by atoms with E-state index in [-0.39, 0.29) is 5.82 Å². The molecule has 0 spiro atoms. The number of halogens is 1. The molecule has 0 unspecified atom stereocenters. The molecule has 1 aromatic rings. The molecule has 3 N–H and O–H groups in total. The van der Waals surface area contributed by atoms with Gasteiger partial charge in [0.2, 0.25) is 0 Å². The topological polar surface area (TPSA) is 75.4 Å². The number of nitrogens with two attached hydrogens (primary N) is 1. The number of piperidine rings is 1. The van der Waals surface area contributed by atoms with Gasteiger partial charge in [0.15, 0.2) is 0 Å². The van der Waals surface area contributed by atoms with Crippen LogP contribution in [0.25, 0.3) is 0 Å². The van der Waals surface area contributed by atoms with Crippen LogP contribution in [0.15, 0.2) is 24.3 Å². The van der Waals surface area contributed by atoms with Crippen molar-refractivity contribution in [1.29, 1.82) is 0 Å². The third-order valence-corrected chi connectivity index (χ3v) is 4.57. The molecular weight excluding hydrogens is 305 g/mol. The van der Waals surface area contributed by atoms with Crippen molar-refractivity contribution in [2.75, 3.05) is 26.2 Å². The number of likely N-dealkylation sites (tertiary alicyclic amines) is 1. The highest BCUT2D eigenvalue weighted by molar-refractivity contribution is 7.87. The van der Waals surface area contributed by atoms with E-state index < -0.39 is 10.2 Å². The summed E-state index contributed by atoms with van der Waals surface area (Å²) in [5, 5.41) is 4.96. The average molecular weight is 329 g/mol. The molecule has 22 heavy (non-hydrogen) atoms. The summed E-state index contributed by atoms with van der Waals surface area (Å²) in [5.74, 6) is 0.117. The van der Waals surface area contributed by atoms with Crippen LogP contribution in [0.1, 0.15) is 24.8 Å². The molecule has 1 saturated heterocycles. The Bertz CT molecular complexity index is 580. The minimum absolute atomic E-state index is 0.190. The Kier molecular flexibility index (Phi) is 6.31. The lowest BCUT2D eigenvalue weighted by atomic mass is 9.98. The van der Waals surface area contributed by atoms with Crippen LogP contribution < -0.4 is 9.86 Å². The monoisotopic (exact) mass is 329 g/mol. The number of rotatable bonds is 7. The highest BCUT2D eigenvalue weighted by Crippen LogP contribution is 2.16. The van der Waals surface area contributed by atoms with Crippen molar-refractivity contribution in [2.24, 2.45) is 11.1 Å². The molecule has 1 fully saturated rings. The molecule has 0 saturated carbocycles. The van der Waals surface area contributed by atoms with Gasteiger partial charge in [0.05, 0.1) is 0 Å². The molecule has 0 bridgehead atoms. The van der Waals surface area contributed by atoms with E-state index in [1.165, 1.54) is 6.07 Å². The predicted molar refractivity (Wildman–Crippen MR) is 85.0 cm³/mol. The molecule has 0 radical (unpaired) electrons. The van der Waals surface area contributed by atoms with Gasteiger partial charge in [0.25, 0.3) is 10.2 Å². The van der Waals surface area contributed by atoms with Gasteiger partial charge >= 0.3 is 0 Å². The lowest BCUT2D eigenvalue weighted by Crippen LogP contribution is -2.42. The van der Waals surface area contributed by atoms with Gasteiger partial charge in [0, 0.05) is 13.1 Å². The number of hydrogen-bond acceptors (Lipinski definition) is 3. The van der Waals surface area contributed by atoms with Crippen molar-refractivity contribution in [2.45, 2.75) is 25.7 Å². The van der Waals surface area contributed by atoms with Crippen LogP contribution in [0.4, 0.5) is 4.39 Å². The molecule has 0 aromatic heterocycles. The second kappa shape index (κ2) is 8.01. The number of nitrogens with one attached hydrogen (secondary N) is 1. The van der Waals surface area contributed by atoms with E-state index >= 15 is 0 Å². The zero-order chi connectivity index (χ0) is 16.0. The van der Waals surface area contributed by atoms with E-state index in [4.69, 9.17) is 5.14 Å². The van der Waals surface area contributed by atoms with Crippen LogP contribution in [-0.2, 0) is 16.6 Å². The summed E-state index contributed by atoms with van der Waals surface area (Å²) >= 11 is 0.